The van der Waals surface area contributed by atoms with Crippen LogP contribution in [0.1, 0.15) is 6.92 Å². The van der Waals surface area contributed by atoms with Crippen LogP contribution >= 0.6 is 23.5 Å². The van der Waals surface area contributed by atoms with Gasteiger partial charge >= 0.3 is 5.97 Å². The van der Waals surface area contributed by atoms with Gasteiger partial charge in [0.15, 0.2) is 6.61 Å². The summed E-state index contributed by atoms with van der Waals surface area (Å²) in [6, 6.07) is 14.9. The van der Waals surface area contributed by atoms with Crippen LogP contribution in [0.5, 0.6) is 0 Å². The molecule has 146 valence electrons. The third kappa shape index (κ3) is 5.53. The molecule has 0 saturated carbocycles. The number of hydrogen-bond donors (Lipinski definition) is 1. The van der Waals surface area contributed by atoms with Crippen molar-refractivity contribution in [2.24, 2.45) is 0 Å². The number of carbonyl (C=O) groups excluding carboxylic acids is 3. The molecule has 3 rings (SSSR count). The Bertz CT molecular complexity index is 871. The average molecular weight is 417 g/mol. The van der Waals surface area contributed by atoms with Crippen molar-refractivity contribution in [3.8, 4) is 0 Å². The Morgan fingerprint density at radius 2 is 1.89 bits per heavy atom. The first kappa shape index (κ1) is 20.3. The van der Waals surface area contributed by atoms with E-state index in [0.717, 1.165) is 21.2 Å². The molecule has 28 heavy (non-hydrogen) atoms. The minimum Gasteiger partial charge on any atom is -0.455 e. The van der Waals surface area contributed by atoms with Crippen molar-refractivity contribution >= 4 is 52.7 Å². The molecular formula is C20H20N2O4S2. The van der Waals surface area contributed by atoms with Crippen LogP contribution in [0.15, 0.2) is 58.3 Å². The average Bonchev–Trinajstić information content (AvgIpc) is 2.70. The molecule has 0 fully saturated rings. The highest BCUT2D eigenvalue weighted by molar-refractivity contribution is 8.00. The summed E-state index contributed by atoms with van der Waals surface area (Å²) < 4.78 is 5.16. The highest BCUT2D eigenvalue weighted by atomic mass is 32.2. The van der Waals surface area contributed by atoms with E-state index in [0.29, 0.717) is 12.2 Å². The maximum absolute atomic E-state index is 12.5. The monoisotopic (exact) mass is 416 g/mol. The molecule has 0 aliphatic carbocycles. The largest absolute Gasteiger partial charge is 0.455 e. The third-order valence-corrected chi connectivity index (χ3v) is 5.95. The van der Waals surface area contributed by atoms with Gasteiger partial charge in [0.2, 0.25) is 5.91 Å². The second-order valence-corrected chi connectivity index (χ2v) is 8.20. The third-order valence-electron chi connectivity index (χ3n) is 3.92. The predicted octanol–water partition coefficient (Wildman–Crippen LogP) is 3.42. The van der Waals surface area contributed by atoms with E-state index in [1.54, 1.807) is 28.8 Å². The van der Waals surface area contributed by atoms with Crippen LogP contribution in [0.2, 0.25) is 0 Å². The number of ether oxygens (including phenoxy) is 1. The van der Waals surface area contributed by atoms with Crippen molar-refractivity contribution < 1.29 is 19.1 Å². The molecule has 8 heteroatoms. The molecule has 0 spiro atoms. The van der Waals surface area contributed by atoms with Crippen LogP contribution < -0.4 is 10.2 Å². The van der Waals surface area contributed by atoms with Gasteiger partial charge in [0, 0.05) is 34.7 Å². The number of nitrogens with zero attached hydrogens (tertiary/aromatic N) is 1. The molecule has 6 nitrogen and oxygen atoms in total. The fourth-order valence-corrected chi connectivity index (χ4v) is 4.36. The molecule has 0 unspecified atom stereocenters. The number of fused-ring (bicyclic) bond motifs is 1. The van der Waals surface area contributed by atoms with Crippen molar-refractivity contribution in [1.29, 1.82) is 0 Å². The Morgan fingerprint density at radius 1 is 1.14 bits per heavy atom. The Hall–Kier alpha value is -2.45. The number of anilines is 2. The van der Waals surface area contributed by atoms with Crippen LogP contribution in [-0.4, -0.2) is 42.4 Å². The van der Waals surface area contributed by atoms with E-state index in [9.17, 15) is 14.4 Å². The lowest BCUT2D eigenvalue weighted by Gasteiger charge is -2.28. The summed E-state index contributed by atoms with van der Waals surface area (Å²) >= 11 is 3.03. The normalized spacial score (nSPS) is 12.8. The predicted molar refractivity (Wildman–Crippen MR) is 112 cm³/mol. The van der Waals surface area contributed by atoms with Gasteiger partial charge in [-0.15, -0.1) is 23.5 Å². The molecule has 0 aromatic heterocycles. The van der Waals surface area contributed by atoms with E-state index in [2.05, 4.69) is 5.32 Å². The SMILES string of the molecule is CC(=O)Nc1ccc(SCC(=O)OCC(=O)N2CCSc3ccccc32)cc1. The van der Waals surface area contributed by atoms with E-state index in [1.165, 1.54) is 18.7 Å². The summed E-state index contributed by atoms with van der Waals surface area (Å²) in [6.07, 6.45) is 0. The van der Waals surface area contributed by atoms with E-state index < -0.39 is 5.97 Å². The fourth-order valence-electron chi connectivity index (χ4n) is 2.67. The zero-order valence-electron chi connectivity index (χ0n) is 15.3. The van der Waals surface area contributed by atoms with E-state index in [4.69, 9.17) is 4.74 Å². The number of carbonyl (C=O) groups is 3. The smallest absolute Gasteiger partial charge is 0.316 e. The minimum atomic E-state index is -0.441. The van der Waals surface area contributed by atoms with E-state index in [-0.39, 0.29) is 24.2 Å². The molecule has 1 aliphatic rings. The van der Waals surface area contributed by atoms with Crippen molar-refractivity contribution in [1.82, 2.24) is 0 Å². The van der Waals surface area contributed by atoms with Gasteiger partial charge in [-0.2, -0.15) is 0 Å². The van der Waals surface area contributed by atoms with Gasteiger partial charge in [-0.25, -0.2) is 0 Å². The highest BCUT2D eigenvalue weighted by Gasteiger charge is 2.23. The van der Waals surface area contributed by atoms with Crippen LogP contribution in [0.3, 0.4) is 0 Å². The number of rotatable bonds is 6. The van der Waals surface area contributed by atoms with Gasteiger partial charge in [0.1, 0.15) is 0 Å². The number of para-hydroxylation sites is 1. The number of benzene rings is 2. The van der Waals surface area contributed by atoms with Crippen molar-refractivity contribution in [3.05, 3.63) is 48.5 Å². The maximum Gasteiger partial charge on any atom is 0.316 e. The lowest BCUT2D eigenvalue weighted by Crippen LogP contribution is -2.38. The molecule has 0 radical (unpaired) electrons. The zero-order chi connectivity index (χ0) is 19.9. The van der Waals surface area contributed by atoms with Crippen LogP contribution in [0.25, 0.3) is 0 Å². The van der Waals surface area contributed by atoms with Crippen molar-refractivity contribution in [2.45, 2.75) is 16.7 Å². The first-order valence-electron chi connectivity index (χ1n) is 8.71. The van der Waals surface area contributed by atoms with Gasteiger partial charge in [-0.1, -0.05) is 12.1 Å². The Balaban J connectivity index is 1.46. The van der Waals surface area contributed by atoms with Crippen LogP contribution in [0, 0.1) is 0 Å². The van der Waals surface area contributed by atoms with Crippen molar-refractivity contribution in [2.75, 3.05) is 34.9 Å². The van der Waals surface area contributed by atoms with Crippen LogP contribution in [-0.2, 0) is 19.1 Å². The molecule has 0 bridgehead atoms. The number of thioether (sulfide) groups is 2. The lowest BCUT2D eigenvalue weighted by atomic mass is 10.2. The Morgan fingerprint density at radius 3 is 2.64 bits per heavy atom. The number of nitrogens with one attached hydrogen (secondary N) is 1. The fraction of sp³-hybridized carbons (Fsp3) is 0.250. The minimum absolute atomic E-state index is 0.110. The van der Waals surface area contributed by atoms with Crippen molar-refractivity contribution in [3.63, 3.8) is 0 Å². The molecule has 2 aromatic carbocycles. The topological polar surface area (TPSA) is 75.7 Å². The summed E-state index contributed by atoms with van der Waals surface area (Å²) in [5.74, 6) is 0.138. The maximum atomic E-state index is 12.5. The molecular weight excluding hydrogens is 396 g/mol. The quantitative estimate of drug-likeness (QED) is 0.574. The lowest BCUT2D eigenvalue weighted by molar-refractivity contribution is -0.145. The Labute approximate surface area is 172 Å². The second kappa shape index (κ2) is 9.66. The van der Waals surface area contributed by atoms with Crippen LogP contribution in [0.4, 0.5) is 11.4 Å². The van der Waals surface area contributed by atoms with Gasteiger partial charge in [0.05, 0.1) is 11.4 Å². The molecule has 2 aromatic rings. The number of esters is 1. The van der Waals surface area contributed by atoms with E-state index in [1.807, 2.05) is 36.4 Å². The summed E-state index contributed by atoms with van der Waals surface area (Å²) in [5.41, 5.74) is 1.57. The summed E-state index contributed by atoms with van der Waals surface area (Å²) in [7, 11) is 0. The molecule has 1 aliphatic heterocycles. The first-order chi connectivity index (χ1) is 13.5. The van der Waals surface area contributed by atoms with E-state index >= 15 is 0 Å². The molecule has 2 amide bonds. The second-order valence-electron chi connectivity index (χ2n) is 6.02. The van der Waals surface area contributed by atoms with Gasteiger partial charge < -0.3 is 15.0 Å². The molecule has 1 heterocycles. The van der Waals surface area contributed by atoms with Gasteiger partial charge in [-0.3, -0.25) is 14.4 Å². The number of amides is 2. The molecule has 0 atom stereocenters. The Kier molecular flexibility index (Phi) is 7.00. The summed E-state index contributed by atoms with van der Waals surface area (Å²) in [6.45, 7) is 1.79. The first-order valence-corrected chi connectivity index (χ1v) is 10.7. The summed E-state index contributed by atoms with van der Waals surface area (Å²) in [5, 5.41) is 2.68. The van der Waals surface area contributed by atoms with Gasteiger partial charge in [0.25, 0.3) is 5.91 Å². The molecule has 0 saturated heterocycles. The van der Waals surface area contributed by atoms with Gasteiger partial charge in [-0.05, 0) is 36.4 Å². The molecule has 1 N–H and O–H groups in total. The summed E-state index contributed by atoms with van der Waals surface area (Å²) in [4.78, 5) is 39.1. The highest BCUT2D eigenvalue weighted by Crippen LogP contribution is 2.34. The number of hydrogen-bond acceptors (Lipinski definition) is 6. The zero-order valence-corrected chi connectivity index (χ0v) is 17.0. The standard InChI is InChI=1S/C20H20N2O4S2/c1-14(23)21-15-6-8-16(9-7-15)28-13-20(25)26-12-19(24)22-10-11-27-18-5-3-2-4-17(18)22/h2-9H,10-13H2,1H3,(H,21,23).